The summed E-state index contributed by atoms with van der Waals surface area (Å²) in [5, 5.41) is 9.00. The molecule has 9 nitrogen and oxygen atoms in total. The molecule has 116 valence electrons. The van der Waals surface area contributed by atoms with Crippen LogP contribution in [0.3, 0.4) is 0 Å². The second-order valence-electron chi connectivity index (χ2n) is 3.64. The minimum Gasteiger partial charge on any atom is -0.497 e. The SMILES string of the molecule is CCOC(=O)NS(=O)(=O)Nc1cc(OC)ccc1C(=O)O. The fourth-order valence-corrected chi connectivity index (χ4v) is 2.15. The summed E-state index contributed by atoms with van der Waals surface area (Å²) in [4.78, 5) is 22.1. The Morgan fingerprint density at radius 2 is 2.00 bits per heavy atom. The largest absolute Gasteiger partial charge is 0.497 e. The van der Waals surface area contributed by atoms with Crippen molar-refractivity contribution in [3.63, 3.8) is 0 Å². The van der Waals surface area contributed by atoms with Crippen molar-refractivity contribution in [1.82, 2.24) is 4.72 Å². The monoisotopic (exact) mass is 318 g/mol. The molecule has 0 saturated heterocycles. The van der Waals surface area contributed by atoms with E-state index in [-0.39, 0.29) is 23.6 Å². The Bertz CT molecular complexity index is 642. The van der Waals surface area contributed by atoms with Gasteiger partial charge < -0.3 is 14.6 Å². The fraction of sp³-hybridized carbons (Fsp3) is 0.273. The lowest BCUT2D eigenvalue weighted by molar-refractivity contribution is 0.0698. The normalized spacial score (nSPS) is 10.6. The summed E-state index contributed by atoms with van der Waals surface area (Å²) in [5.74, 6) is -1.10. The highest BCUT2D eigenvalue weighted by Gasteiger charge is 2.19. The molecule has 0 bridgehead atoms. The molecule has 1 aromatic rings. The maximum atomic E-state index is 11.7. The van der Waals surface area contributed by atoms with Crippen LogP contribution >= 0.6 is 0 Å². The van der Waals surface area contributed by atoms with Crippen molar-refractivity contribution < 1.29 is 32.6 Å². The van der Waals surface area contributed by atoms with E-state index in [4.69, 9.17) is 9.84 Å². The second-order valence-corrected chi connectivity index (χ2v) is 5.06. The van der Waals surface area contributed by atoms with Crippen LogP contribution in [0, 0.1) is 0 Å². The fourth-order valence-electron chi connectivity index (χ4n) is 1.36. The molecule has 0 heterocycles. The summed E-state index contributed by atoms with van der Waals surface area (Å²) in [6.45, 7) is 1.49. The molecule has 1 amide bonds. The summed E-state index contributed by atoms with van der Waals surface area (Å²) in [5.41, 5.74) is -0.552. The highest BCUT2D eigenvalue weighted by atomic mass is 32.2. The predicted molar refractivity (Wildman–Crippen MR) is 72.7 cm³/mol. The third kappa shape index (κ3) is 4.84. The van der Waals surface area contributed by atoms with Gasteiger partial charge >= 0.3 is 22.3 Å². The number of aromatic carboxylic acids is 1. The zero-order valence-electron chi connectivity index (χ0n) is 11.2. The molecular formula is C11H14N2O7S. The Kier molecular flexibility index (Phi) is 5.36. The molecule has 1 aromatic carbocycles. The zero-order valence-corrected chi connectivity index (χ0v) is 12.1. The van der Waals surface area contributed by atoms with E-state index < -0.39 is 22.3 Å². The van der Waals surface area contributed by atoms with Crippen LogP contribution in [0.5, 0.6) is 5.75 Å². The van der Waals surface area contributed by atoms with Crippen LogP contribution in [-0.4, -0.2) is 39.3 Å². The van der Waals surface area contributed by atoms with Crippen molar-refractivity contribution >= 4 is 28.0 Å². The van der Waals surface area contributed by atoms with Gasteiger partial charge in [-0.15, -0.1) is 0 Å². The Morgan fingerprint density at radius 1 is 1.33 bits per heavy atom. The number of ether oxygens (including phenoxy) is 2. The van der Waals surface area contributed by atoms with Gasteiger partial charge in [0.2, 0.25) is 0 Å². The van der Waals surface area contributed by atoms with Gasteiger partial charge in [-0.2, -0.15) is 8.42 Å². The van der Waals surface area contributed by atoms with Crippen LogP contribution < -0.4 is 14.2 Å². The number of nitrogens with one attached hydrogen (secondary N) is 2. The maximum absolute atomic E-state index is 11.7. The molecule has 0 atom stereocenters. The first-order valence-electron chi connectivity index (χ1n) is 5.67. The average molecular weight is 318 g/mol. The van der Waals surface area contributed by atoms with Gasteiger partial charge in [-0.05, 0) is 19.1 Å². The van der Waals surface area contributed by atoms with Crippen LogP contribution in [0.2, 0.25) is 0 Å². The molecule has 21 heavy (non-hydrogen) atoms. The lowest BCUT2D eigenvalue weighted by atomic mass is 10.2. The number of carbonyl (C=O) groups excluding carboxylic acids is 1. The third-order valence-electron chi connectivity index (χ3n) is 2.19. The standard InChI is InChI=1S/C11H14N2O7S/c1-3-20-11(16)13-21(17,18)12-9-6-7(19-2)4-5-8(9)10(14)15/h4-6,12H,3H2,1-2H3,(H,13,16)(H,14,15). The van der Waals surface area contributed by atoms with Crippen LogP contribution in [0.25, 0.3) is 0 Å². The number of carboxylic acid groups (broad SMARTS) is 1. The molecule has 3 N–H and O–H groups in total. The first-order chi connectivity index (χ1) is 9.79. The van der Waals surface area contributed by atoms with Crippen LogP contribution in [-0.2, 0) is 14.9 Å². The van der Waals surface area contributed by atoms with Crippen molar-refractivity contribution in [2.24, 2.45) is 0 Å². The van der Waals surface area contributed by atoms with Crippen molar-refractivity contribution in [2.75, 3.05) is 18.4 Å². The van der Waals surface area contributed by atoms with Crippen LogP contribution in [0.15, 0.2) is 18.2 Å². The molecule has 0 fully saturated rings. The molecule has 0 aromatic heterocycles. The molecule has 1 rings (SSSR count). The van der Waals surface area contributed by atoms with Gasteiger partial charge in [0.05, 0.1) is 25.0 Å². The molecule has 0 aliphatic rings. The molecule has 0 aliphatic carbocycles. The van der Waals surface area contributed by atoms with Crippen molar-refractivity contribution in [3.8, 4) is 5.75 Å². The van der Waals surface area contributed by atoms with E-state index in [9.17, 15) is 18.0 Å². The highest BCUT2D eigenvalue weighted by Crippen LogP contribution is 2.23. The average Bonchev–Trinajstić information content (AvgIpc) is 2.37. The summed E-state index contributed by atoms with van der Waals surface area (Å²) in [7, 11) is -2.99. The Hall–Kier alpha value is -2.49. The van der Waals surface area contributed by atoms with E-state index in [2.05, 4.69) is 4.74 Å². The predicted octanol–water partition coefficient (Wildman–Crippen LogP) is 0.796. The smallest absolute Gasteiger partial charge is 0.422 e. The van der Waals surface area contributed by atoms with E-state index in [0.717, 1.165) is 0 Å². The van der Waals surface area contributed by atoms with E-state index in [1.807, 2.05) is 4.72 Å². The Labute approximate surface area is 121 Å². The zero-order chi connectivity index (χ0) is 16.0. The van der Waals surface area contributed by atoms with Crippen molar-refractivity contribution in [3.05, 3.63) is 23.8 Å². The Morgan fingerprint density at radius 3 is 2.52 bits per heavy atom. The van der Waals surface area contributed by atoms with Gasteiger partial charge in [0.15, 0.2) is 0 Å². The molecule has 0 radical (unpaired) electrons. The maximum Gasteiger partial charge on any atom is 0.422 e. The summed E-state index contributed by atoms with van der Waals surface area (Å²) in [6.07, 6.45) is -1.18. The first-order valence-corrected chi connectivity index (χ1v) is 7.16. The van der Waals surface area contributed by atoms with Gasteiger partial charge in [0, 0.05) is 6.07 Å². The van der Waals surface area contributed by atoms with E-state index in [0.29, 0.717) is 0 Å². The van der Waals surface area contributed by atoms with Gasteiger partial charge in [-0.3, -0.25) is 4.72 Å². The molecule has 0 unspecified atom stereocenters. The first kappa shape index (κ1) is 16.6. The summed E-state index contributed by atoms with van der Waals surface area (Å²) < 4.78 is 36.2. The van der Waals surface area contributed by atoms with E-state index in [1.54, 1.807) is 4.72 Å². The third-order valence-corrected chi connectivity index (χ3v) is 3.12. The minimum atomic E-state index is -4.33. The molecule has 0 saturated carbocycles. The number of anilines is 1. The molecule has 0 spiro atoms. The molecule has 10 heteroatoms. The summed E-state index contributed by atoms with van der Waals surface area (Å²) >= 11 is 0. The number of carbonyl (C=O) groups is 2. The number of hydrogen-bond donors (Lipinski definition) is 3. The van der Waals surface area contributed by atoms with Crippen LogP contribution in [0.1, 0.15) is 17.3 Å². The van der Waals surface area contributed by atoms with E-state index >= 15 is 0 Å². The Balaban J connectivity index is 3.05. The number of hydrogen-bond acceptors (Lipinski definition) is 6. The number of carboxylic acids is 1. The topological polar surface area (TPSA) is 131 Å². The van der Waals surface area contributed by atoms with Crippen molar-refractivity contribution in [1.29, 1.82) is 0 Å². The number of rotatable bonds is 6. The van der Waals surface area contributed by atoms with Crippen molar-refractivity contribution in [2.45, 2.75) is 6.92 Å². The second kappa shape index (κ2) is 6.79. The highest BCUT2D eigenvalue weighted by molar-refractivity contribution is 7.91. The van der Waals surface area contributed by atoms with Gasteiger partial charge in [0.1, 0.15) is 5.75 Å². The lowest BCUT2D eigenvalue weighted by Crippen LogP contribution is -2.36. The number of benzene rings is 1. The number of amides is 1. The summed E-state index contributed by atoms with van der Waals surface area (Å²) in [6, 6.07) is 3.71. The van der Waals surface area contributed by atoms with Gasteiger partial charge in [-0.25, -0.2) is 14.3 Å². The number of methoxy groups -OCH3 is 1. The van der Waals surface area contributed by atoms with Crippen LogP contribution in [0.4, 0.5) is 10.5 Å². The minimum absolute atomic E-state index is 0.0130. The van der Waals surface area contributed by atoms with Gasteiger partial charge in [0.25, 0.3) is 0 Å². The quantitative estimate of drug-likeness (QED) is 0.706. The molecule has 0 aliphatic heterocycles. The molecular weight excluding hydrogens is 304 g/mol. The lowest BCUT2D eigenvalue weighted by Gasteiger charge is -2.12. The van der Waals surface area contributed by atoms with Gasteiger partial charge in [-0.1, -0.05) is 0 Å². The van der Waals surface area contributed by atoms with E-state index in [1.165, 1.54) is 32.2 Å².